The molecular formula is C12H15N5O4. The lowest BCUT2D eigenvalue weighted by Crippen LogP contribution is -2.54. The summed E-state index contributed by atoms with van der Waals surface area (Å²) in [5, 5.41) is 19.7. The maximum absolute atomic E-state index is 10.2. The van der Waals surface area contributed by atoms with Gasteiger partial charge in [0.1, 0.15) is 29.8 Å². The summed E-state index contributed by atoms with van der Waals surface area (Å²) in [7, 11) is 0. The van der Waals surface area contributed by atoms with Crippen LogP contribution in [0.3, 0.4) is 0 Å². The van der Waals surface area contributed by atoms with Crippen LogP contribution in [0.2, 0.25) is 0 Å². The minimum atomic E-state index is -1.09. The highest BCUT2D eigenvalue weighted by atomic mass is 16.6. The van der Waals surface area contributed by atoms with Gasteiger partial charge in [-0.25, -0.2) is 15.0 Å². The van der Waals surface area contributed by atoms with Crippen molar-refractivity contribution in [1.29, 1.82) is 0 Å². The van der Waals surface area contributed by atoms with Crippen LogP contribution >= 0.6 is 0 Å². The molecule has 2 bridgehead atoms. The van der Waals surface area contributed by atoms with E-state index >= 15 is 0 Å². The zero-order valence-electron chi connectivity index (χ0n) is 11.1. The molecule has 9 heteroatoms. The summed E-state index contributed by atoms with van der Waals surface area (Å²) in [6.45, 7) is -0.152. The molecule has 0 radical (unpaired) electrons. The van der Waals surface area contributed by atoms with E-state index in [1.165, 1.54) is 6.33 Å². The Labute approximate surface area is 119 Å². The Hall–Kier alpha value is -1.81. The number of nitrogen functional groups attached to an aromatic ring is 1. The molecule has 2 aliphatic rings. The van der Waals surface area contributed by atoms with Gasteiger partial charge in [-0.3, -0.25) is 4.57 Å². The minimum Gasteiger partial charge on any atom is -0.393 e. The topological polar surface area (TPSA) is 129 Å². The molecule has 0 saturated carbocycles. The first-order valence-corrected chi connectivity index (χ1v) is 6.66. The highest BCUT2D eigenvalue weighted by molar-refractivity contribution is 5.81. The van der Waals surface area contributed by atoms with Crippen LogP contribution in [0.1, 0.15) is 12.6 Å². The van der Waals surface area contributed by atoms with Gasteiger partial charge in [0, 0.05) is 6.42 Å². The molecular weight excluding hydrogens is 278 g/mol. The van der Waals surface area contributed by atoms with Gasteiger partial charge in [-0.1, -0.05) is 0 Å². The van der Waals surface area contributed by atoms with Crippen molar-refractivity contribution in [3.8, 4) is 0 Å². The third kappa shape index (κ3) is 1.69. The average Bonchev–Trinajstić information content (AvgIpc) is 2.98. The first-order valence-electron chi connectivity index (χ1n) is 6.66. The van der Waals surface area contributed by atoms with Crippen LogP contribution < -0.4 is 5.73 Å². The summed E-state index contributed by atoms with van der Waals surface area (Å²) in [5.41, 5.74) is 5.72. The van der Waals surface area contributed by atoms with E-state index in [1.807, 2.05) is 0 Å². The van der Waals surface area contributed by atoms with Crippen LogP contribution in [0.15, 0.2) is 12.7 Å². The van der Waals surface area contributed by atoms with E-state index in [1.54, 1.807) is 10.9 Å². The Balaban J connectivity index is 1.75. The van der Waals surface area contributed by atoms with E-state index in [0.29, 0.717) is 23.4 Å². The zero-order chi connectivity index (χ0) is 14.6. The maximum Gasteiger partial charge on any atom is 0.167 e. The second-order valence-electron chi connectivity index (χ2n) is 5.41. The summed E-state index contributed by atoms with van der Waals surface area (Å²) >= 11 is 0. The average molecular weight is 293 g/mol. The second kappa shape index (κ2) is 4.34. The van der Waals surface area contributed by atoms with Gasteiger partial charge in [0.15, 0.2) is 11.5 Å². The number of imidazole rings is 1. The smallest absolute Gasteiger partial charge is 0.167 e. The highest BCUT2D eigenvalue weighted by Crippen LogP contribution is 2.42. The van der Waals surface area contributed by atoms with Crippen LogP contribution in [0.5, 0.6) is 0 Å². The van der Waals surface area contributed by atoms with Gasteiger partial charge < -0.3 is 25.4 Å². The van der Waals surface area contributed by atoms with Crippen molar-refractivity contribution in [3.05, 3.63) is 12.7 Å². The molecule has 4 heterocycles. The lowest BCUT2D eigenvalue weighted by molar-refractivity contribution is -0.206. The van der Waals surface area contributed by atoms with E-state index in [4.69, 9.17) is 15.2 Å². The predicted octanol–water partition coefficient (Wildman–Crippen LogP) is -1.18. The molecule has 2 saturated heterocycles. The SMILES string of the molecule is Nc1ncnc2c1ncn2[C@H]1C[C@@H]2OC[C@@](CO)(O1)C2O. The molecule has 0 aliphatic carbocycles. The Morgan fingerprint density at radius 1 is 1.43 bits per heavy atom. The number of fused-ring (bicyclic) bond motifs is 3. The summed E-state index contributed by atoms with van der Waals surface area (Å²) in [6, 6.07) is 0. The third-order valence-corrected chi connectivity index (χ3v) is 4.20. The van der Waals surface area contributed by atoms with Crippen molar-refractivity contribution in [2.45, 2.75) is 30.5 Å². The van der Waals surface area contributed by atoms with Crippen molar-refractivity contribution in [3.63, 3.8) is 0 Å². The van der Waals surface area contributed by atoms with Crippen LogP contribution in [0.25, 0.3) is 11.2 Å². The Kier molecular flexibility index (Phi) is 2.67. The van der Waals surface area contributed by atoms with Gasteiger partial charge in [0.25, 0.3) is 0 Å². The number of rotatable bonds is 2. The number of ether oxygens (including phenoxy) is 2. The minimum absolute atomic E-state index is 0.162. The molecule has 9 nitrogen and oxygen atoms in total. The summed E-state index contributed by atoms with van der Waals surface area (Å²) in [5.74, 6) is 0.297. The molecule has 0 amide bonds. The number of aliphatic hydroxyl groups is 2. The van der Waals surface area contributed by atoms with Gasteiger partial charge in [-0.15, -0.1) is 0 Å². The molecule has 2 aliphatic heterocycles. The largest absolute Gasteiger partial charge is 0.393 e. The van der Waals surface area contributed by atoms with Crippen LogP contribution in [-0.4, -0.2) is 60.8 Å². The molecule has 112 valence electrons. The van der Waals surface area contributed by atoms with E-state index in [-0.39, 0.29) is 19.3 Å². The van der Waals surface area contributed by atoms with Gasteiger partial charge in [-0.2, -0.15) is 0 Å². The molecule has 2 aromatic rings. The number of anilines is 1. The van der Waals surface area contributed by atoms with Crippen molar-refractivity contribution < 1.29 is 19.7 Å². The molecule has 0 aromatic carbocycles. The van der Waals surface area contributed by atoms with Gasteiger partial charge in [-0.05, 0) is 0 Å². The standard InChI is InChI=1S/C12H15N5O4/c13-10-8-11(15-4-14-10)17(5-16-8)7-1-6-9(19)12(2-18,21-7)3-20-6/h4-7,9,18-19H,1-3H2,(H2,13,14,15)/t6-,7+,9?,12+/m0/s1. The Morgan fingerprint density at radius 3 is 3.10 bits per heavy atom. The predicted molar refractivity (Wildman–Crippen MR) is 70.0 cm³/mol. The molecule has 1 unspecified atom stereocenters. The fraction of sp³-hybridized carbons (Fsp3) is 0.583. The molecule has 0 spiro atoms. The highest BCUT2D eigenvalue weighted by Gasteiger charge is 2.56. The van der Waals surface area contributed by atoms with E-state index < -0.39 is 17.9 Å². The van der Waals surface area contributed by atoms with Crippen molar-refractivity contribution in [2.75, 3.05) is 18.9 Å². The van der Waals surface area contributed by atoms with Crippen molar-refractivity contribution in [2.24, 2.45) is 0 Å². The summed E-state index contributed by atoms with van der Waals surface area (Å²) in [4.78, 5) is 12.3. The van der Waals surface area contributed by atoms with E-state index in [9.17, 15) is 10.2 Å². The third-order valence-electron chi connectivity index (χ3n) is 4.20. The van der Waals surface area contributed by atoms with Crippen LogP contribution in [-0.2, 0) is 9.47 Å². The van der Waals surface area contributed by atoms with Gasteiger partial charge in [0.2, 0.25) is 0 Å². The molecule has 2 aromatic heterocycles. The number of nitrogens with zero attached hydrogens (tertiary/aromatic N) is 4. The van der Waals surface area contributed by atoms with Crippen molar-refractivity contribution >= 4 is 17.0 Å². The number of aliphatic hydroxyl groups excluding tert-OH is 2. The number of nitrogens with two attached hydrogens (primary N) is 1. The fourth-order valence-corrected chi connectivity index (χ4v) is 3.01. The molecule has 4 N–H and O–H groups in total. The first-order chi connectivity index (χ1) is 10.1. The second-order valence-corrected chi connectivity index (χ2v) is 5.41. The lowest BCUT2D eigenvalue weighted by atomic mass is 9.92. The lowest BCUT2D eigenvalue weighted by Gasteiger charge is -2.39. The maximum atomic E-state index is 10.2. The number of hydrogen-bond acceptors (Lipinski definition) is 8. The van der Waals surface area contributed by atoms with Gasteiger partial charge >= 0.3 is 0 Å². The molecule has 4 rings (SSSR count). The first kappa shape index (κ1) is 12.9. The van der Waals surface area contributed by atoms with Crippen LogP contribution in [0.4, 0.5) is 5.82 Å². The Morgan fingerprint density at radius 2 is 2.29 bits per heavy atom. The van der Waals surface area contributed by atoms with Crippen molar-refractivity contribution in [1.82, 2.24) is 19.5 Å². The molecule has 4 atom stereocenters. The molecule has 2 fully saturated rings. The number of aromatic nitrogens is 4. The van der Waals surface area contributed by atoms with E-state index in [2.05, 4.69) is 15.0 Å². The summed E-state index contributed by atoms with van der Waals surface area (Å²) in [6.07, 6.45) is 1.72. The normalized spacial score (nSPS) is 35.4. The number of hydrogen-bond donors (Lipinski definition) is 3. The zero-order valence-corrected chi connectivity index (χ0v) is 11.1. The molecule has 21 heavy (non-hydrogen) atoms. The fourth-order valence-electron chi connectivity index (χ4n) is 3.01. The van der Waals surface area contributed by atoms with E-state index in [0.717, 1.165) is 0 Å². The quantitative estimate of drug-likeness (QED) is 0.631. The monoisotopic (exact) mass is 293 g/mol. The summed E-state index contributed by atoms with van der Waals surface area (Å²) < 4.78 is 13.2. The van der Waals surface area contributed by atoms with Gasteiger partial charge in [0.05, 0.1) is 25.6 Å². The Bertz CT molecular complexity index is 691. The van der Waals surface area contributed by atoms with Crippen LogP contribution in [0, 0.1) is 0 Å².